The van der Waals surface area contributed by atoms with E-state index in [0.29, 0.717) is 26.1 Å². The van der Waals surface area contributed by atoms with E-state index in [0.717, 1.165) is 43.3 Å². The summed E-state index contributed by atoms with van der Waals surface area (Å²) < 4.78 is 5.12. The van der Waals surface area contributed by atoms with Crippen molar-refractivity contribution in [1.82, 2.24) is 19.8 Å². The molecule has 8 heteroatoms. The average Bonchev–Trinajstić information content (AvgIpc) is 3.11. The summed E-state index contributed by atoms with van der Waals surface area (Å²) in [5.41, 5.74) is 0.567. The molecule has 2 saturated heterocycles. The van der Waals surface area contributed by atoms with Crippen LogP contribution < -0.4 is 5.32 Å². The highest BCUT2D eigenvalue weighted by Crippen LogP contribution is 2.32. The van der Waals surface area contributed by atoms with Crippen molar-refractivity contribution in [3.63, 3.8) is 0 Å². The van der Waals surface area contributed by atoms with E-state index in [-0.39, 0.29) is 29.1 Å². The highest BCUT2D eigenvalue weighted by molar-refractivity contribution is 5.81. The molecule has 1 unspecified atom stereocenters. The molecule has 0 aromatic carbocycles. The van der Waals surface area contributed by atoms with Gasteiger partial charge in [-0.2, -0.15) is 0 Å². The summed E-state index contributed by atoms with van der Waals surface area (Å²) in [4.78, 5) is 38.3. The minimum Gasteiger partial charge on any atom is -0.383 e. The van der Waals surface area contributed by atoms with Gasteiger partial charge in [0.15, 0.2) is 0 Å². The third-order valence-electron chi connectivity index (χ3n) is 6.01. The number of anilines is 1. The Labute approximate surface area is 179 Å². The molecule has 1 atom stereocenters. The summed E-state index contributed by atoms with van der Waals surface area (Å²) in [5.74, 6) is 2.26. The number of amides is 2. The second-order valence-corrected chi connectivity index (χ2v) is 9.34. The van der Waals surface area contributed by atoms with Gasteiger partial charge in [-0.1, -0.05) is 20.8 Å². The molecule has 8 nitrogen and oxygen atoms in total. The van der Waals surface area contributed by atoms with Crippen molar-refractivity contribution in [3.05, 3.63) is 17.6 Å². The molecule has 3 heterocycles. The second kappa shape index (κ2) is 9.29. The Balaban J connectivity index is 1.72. The molecule has 30 heavy (non-hydrogen) atoms. The molecule has 2 amide bonds. The Morgan fingerprint density at radius 3 is 2.53 bits per heavy atom. The number of hydrogen-bond donors (Lipinski definition) is 1. The van der Waals surface area contributed by atoms with Crippen LogP contribution >= 0.6 is 0 Å². The van der Waals surface area contributed by atoms with E-state index >= 15 is 0 Å². The molecule has 2 aliphatic heterocycles. The van der Waals surface area contributed by atoms with E-state index < -0.39 is 0 Å². The van der Waals surface area contributed by atoms with Gasteiger partial charge < -0.3 is 19.9 Å². The van der Waals surface area contributed by atoms with E-state index in [2.05, 4.69) is 5.32 Å². The first-order valence-corrected chi connectivity index (χ1v) is 10.9. The maximum absolute atomic E-state index is 12.6. The molecule has 0 bridgehead atoms. The molecule has 1 N–H and O–H groups in total. The molecule has 0 spiro atoms. The van der Waals surface area contributed by atoms with Crippen molar-refractivity contribution in [2.75, 3.05) is 52.3 Å². The minimum absolute atomic E-state index is 0.0748. The Morgan fingerprint density at radius 2 is 1.93 bits per heavy atom. The number of piperidine rings is 1. The van der Waals surface area contributed by atoms with Crippen LogP contribution in [0.25, 0.3) is 0 Å². The van der Waals surface area contributed by atoms with Gasteiger partial charge in [-0.15, -0.1) is 0 Å². The number of likely N-dealkylation sites (tertiary alicyclic amines) is 2. The molecule has 1 aromatic rings. The molecule has 166 valence electrons. The molecule has 0 aliphatic carbocycles. The summed E-state index contributed by atoms with van der Waals surface area (Å²) in [7, 11) is 3.50. The van der Waals surface area contributed by atoms with E-state index in [1.807, 2.05) is 43.7 Å². The van der Waals surface area contributed by atoms with Crippen LogP contribution in [0.15, 0.2) is 6.07 Å². The van der Waals surface area contributed by atoms with Crippen LogP contribution in [-0.2, 0) is 14.3 Å². The maximum atomic E-state index is 12.6. The Kier molecular flexibility index (Phi) is 6.95. The van der Waals surface area contributed by atoms with Gasteiger partial charge in [-0.3, -0.25) is 9.59 Å². The Morgan fingerprint density at radius 1 is 1.23 bits per heavy atom. The van der Waals surface area contributed by atoms with Gasteiger partial charge in [-0.25, -0.2) is 9.97 Å². The molecule has 2 fully saturated rings. The number of nitrogens with one attached hydrogen (secondary N) is 1. The lowest BCUT2D eigenvalue weighted by atomic mass is 9.90. The van der Waals surface area contributed by atoms with Crippen LogP contribution in [0.5, 0.6) is 0 Å². The first kappa shape index (κ1) is 22.5. The first-order valence-electron chi connectivity index (χ1n) is 10.9. The lowest BCUT2D eigenvalue weighted by molar-refractivity contribution is -0.140. The molecular formula is C22H35N5O3. The Bertz CT molecular complexity index is 769. The van der Waals surface area contributed by atoms with Crippen molar-refractivity contribution in [3.8, 4) is 0 Å². The fourth-order valence-electron chi connectivity index (χ4n) is 4.21. The predicted molar refractivity (Wildman–Crippen MR) is 115 cm³/mol. The highest BCUT2D eigenvalue weighted by Gasteiger charge is 2.34. The number of nitrogens with zero attached hydrogens (tertiary/aromatic N) is 4. The topological polar surface area (TPSA) is 87.7 Å². The van der Waals surface area contributed by atoms with Crippen LogP contribution in [-0.4, -0.2) is 78.5 Å². The van der Waals surface area contributed by atoms with Crippen molar-refractivity contribution in [2.24, 2.45) is 5.41 Å². The smallest absolute Gasteiger partial charge is 0.227 e. The normalized spacial score (nSPS) is 20.7. The van der Waals surface area contributed by atoms with Gasteiger partial charge in [0.1, 0.15) is 11.6 Å². The predicted octanol–water partition coefficient (Wildman–Crippen LogP) is 2.23. The third-order valence-corrected chi connectivity index (χ3v) is 6.01. The zero-order chi connectivity index (χ0) is 21.9. The monoisotopic (exact) mass is 417 g/mol. The van der Waals surface area contributed by atoms with Crippen molar-refractivity contribution in [2.45, 2.75) is 51.9 Å². The lowest BCUT2D eigenvalue weighted by Crippen LogP contribution is -2.43. The quantitative estimate of drug-likeness (QED) is 0.764. The zero-order valence-corrected chi connectivity index (χ0v) is 18.9. The fourth-order valence-corrected chi connectivity index (χ4v) is 4.21. The number of hydrogen-bond acceptors (Lipinski definition) is 6. The minimum atomic E-state index is -0.355. The van der Waals surface area contributed by atoms with Crippen LogP contribution in [0, 0.1) is 5.41 Å². The molecular weight excluding hydrogens is 382 g/mol. The largest absolute Gasteiger partial charge is 0.383 e. The van der Waals surface area contributed by atoms with Crippen LogP contribution in [0.1, 0.15) is 63.4 Å². The Hall–Kier alpha value is -2.22. The number of carbonyl (C=O) groups is 2. The second-order valence-electron chi connectivity index (χ2n) is 9.34. The molecule has 0 saturated carbocycles. The first-order chi connectivity index (χ1) is 14.2. The van der Waals surface area contributed by atoms with Crippen LogP contribution in [0.4, 0.5) is 5.82 Å². The molecule has 3 rings (SSSR count). The van der Waals surface area contributed by atoms with Gasteiger partial charge in [0.2, 0.25) is 11.8 Å². The van der Waals surface area contributed by atoms with Gasteiger partial charge in [-0.05, 0) is 12.8 Å². The van der Waals surface area contributed by atoms with E-state index in [9.17, 15) is 9.59 Å². The molecule has 0 radical (unpaired) electrons. The van der Waals surface area contributed by atoms with Crippen molar-refractivity contribution >= 4 is 17.6 Å². The summed E-state index contributed by atoms with van der Waals surface area (Å²) in [6, 6.07) is 1.96. The van der Waals surface area contributed by atoms with E-state index in [1.54, 1.807) is 7.11 Å². The number of aromatic nitrogens is 2. The molecule has 2 aliphatic rings. The van der Waals surface area contributed by atoms with Crippen LogP contribution in [0.3, 0.4) is 0 Å². The van der Waals surface area contributed by atoms with Gasteiger partial charge >= 0.3 is 0 Å². The summed E-state index contributed by atoms with van der Waals surface area (Å²) in [5, 5.41) is 3.14. The van der Waals surface area contributed by atoms with Crippen molar-refractivity contribution in [1.29, 1.82) is 0 Å². The fraction of sp³-hybridized carbons (Fsp3) is 0.727. The van der Waals surface area contributed by atoms with Gasteiger partial charge in [0.25, 0.3) is 0 Å². The number of methoxy groups -OCH3 is 1. The number of ether oxygens (including phenoxy) is 1. The summed E-state index contributed by atoms with van der Waals surface area (Å²) in [6.45, 7) is 9.18. The SMILES string of the molecule is CNc1cc(C2CC(=O)N(CCOC)C2)nc(C2CCN(C(=O)C(C)(C)C)CC2)n1. The maximum Gasteiger partial charge on any atom is 0.227 e. The number of rotatable bonds is 6. The third kappa shape index (κ3) is 5.09. The number of carbonyl (C=O) groups excluding carboxylic acids is 2. The van der Waals surface area contributed by atoms with E-state index in [4.69, 9.17) is 14.7 Å². The summed E-state index contributed by atoms with van der Waals surface area (Å²) in [6.07, 6.45) is 2.19. The van der Waals surface area contributed by atoms with E-state index in [1.165, 1.54) is 0 Å². The van der Waals surface area contributed by atoms with Gasteiger partial charge in [0, 0.05) is 70.1 Å². The summed E-state index contributed by atoms with van der Waals surface area (Å²) >= 11 is 0. The highest BCUT2D eigenvalue weighted by atomic mass is 16.5. The zero-order valence-electron chi connectivity index (χ0n) is 18.9. The molecule has 1 aromatic heterocycles. The average molecular weight is 418 g/mol. The van der Waals surface area contributed by atoms with Crippen molar-refractivity contribution < 1.29 is 14.3 Å². The van der Waals surface area contributed by atoms with Crippen LogP contribution in [0.2, 0.25) is 0 Å². The standard InChI is InChI=1S/C22H35N5O3/c1-22(2,3)21(29)26-8-6-15(7-9-26)20-24-17(13-18(23-4)25-20)16-12-19(28)27(14-16)10-11-30-5/h13,15-16H,6-12,14H2,1-5H3,(H,23,24,25). The van der Waals surface area contributed by atoms with Gasteiger partial charge in [0.05, 0.1) is 12.3 Å². The lowest BCUT2D eigenvalue weighted by Gasteiger charge is -2.35.